The maximum atomic E-state index is 9.40. The van der Waals surface area contributed by atoms with E-state index in [9.17, 15) is 5.11 Å². The van der Waals surface area contributed by atoms with E-state index in [2.05, 4.69) is 6.92 Å². The lowest BCUT2D eigenvalue weighted by Crippen LogP contribution is -2.46. The number of rotatable bonds is 1. The highest BCUT2D eigenvalue weighted by atomic mass is 16.3. The van der Waals surface area contributed by atoms with Gasteiger partial charge in [0, 0.05) is 13.1 Å². The van der Waals surface area contributed by atoms with Crippen molar-refractivity contribution in [3.8, 4) is 0 Å². The molecule has 60 valence electrons. The van der Waals surface area contributed by atoms with Crippen LogP contribution in [0.2, 0.25) is 0 Å². The number of aliphatic hydroxyl groups excluding tert-OH is 1. The van der Waals surface area contributed by atoms with E-state index in [1.165, 1.54) is 0 Å². The van der Waals surface area contributed by atoms with Crippen molar-refractivity contribution >= 4 is 0 Å². The molecule has 1 saturated heterocycles. The fourth-order valence-corrected chi connectivity index (χ4v) is 1.45. The summed E-state index contributed by atoms with van der Waals surface area (Å²) in [6, 6.07) is 0. The van der Waals surface area contributed by atoms with E-state index in [-0.39, 0.29) is 6.10 Å². The highest BCUT2D eigenvalue weighted by molar-refractivity contribution is 4.76. The Balaban J connectivity index is 2.38. The standard InChI is InChI=1S/C7H16N2O/c1-2-6-5-9(8)4-3-7(6)10/h6-7,10H,2-5,8H2,1H3/t6-,7+/m0/s1. The van der Waals surface area contributed by atoms with Crippen molar-refractivity contribution in [1.29, 1.82) is 0 Å². The normalized spacial score (nSPS) is 36.3. The Bertz CT molecular complexity index is 108. The summed E-state index contributed by atoms with van der Waals surface area (Å²) in [5, 5.41) is 11.2. The summed E-state index contributed by atoms with van der Waals surface area (Å²) >= 11 is 0. The molecule has 0 radical (unpaired) electrons. The van der Waals surface area contributed by atoms with Gasteiger partial charge < -0.3 is 5.11 Å². The fourth-order valence-electron chi connectivity index (χ4n) is 1.45. The van der Waals surface area contributed by atoms with Crippen LogP contribution in [0.3, 0.4) is 0 Å². The van der Waals surface area contributed by atoms with Crippen molar-refractivity contribution in [1.82, 2.24) is 5.01 Å². The third kappa shape index (κ3) is 1.68. The van der Waals surface area contributed by atoms with Crippen LogP contribution < -0.4 is 5.84 Å². The summed E-state index contributed by atoms with van der Waals surface area (Å²) in [7, 11) is 0. The molecule has 1 heterocycles. The van der Waals surface area contributed by atoms with Gasteiger partial charge in [0.25, 0.3) is 0 Å². The van der Waals surface area contributed by atoms with Crippen LogP contribution in [0.5, 0.6) is 0 Å². The SMILES string of the molecule is CC[C@H]1CN(N)CC[C@H]1O. The van der Waals surface area contributed by atoms with Crippen molar-refractivity contribution in [3.63, 3.8) is 0 Å². The van der Waals surface area contributed by atoms with Crippen molar-refractivity contribution in [3.05, 3.63) is 0 Å². The highest BCUT2D eigenvalue weighted by Gasteiger charge is 2.24. The Hall–Kier alpha value is -0.120. The van der Waals surface area contributed by atoms with Gasteiger partial charge in [-0.05, 0) is 18.8 Å². The monoisotopic (exact) mass is 144 g/mol. The minimum Gasteiger partial charge on any atom is -0.393 e. The van der Waals surface area contributed by atoms with Gasteiger partial charge >= 0.3 is 0 Å². The number of aliphatic hydroxyl groups is 1. The van der Waals surface area contributed by atoms with E-state index >= 15 is 0 Å². The average Bonchev–Trinajstić information content (AvgIpc) is 1.94. The Morgan fingerprint density at radius 1 is 1.70 bits per heavy atom. The fraction of sp³-hybridized carbons (Fsp3) is 1.00. The molecule has 2 atom stereocenters. The maximum absolute atomic E-state index is 9.40. The lowest BCUT2D eigenvalue weighted by atomic mass is 9.93. The van der Waals surface area contributed by atoms with Crippen molar-refractivity contribution in [2.45, 2.75) is 25.9 Å². The van der Waals surface area contributed by atoms with Crippen LogP contribution >= 0.6 is 0 Å². The molecule has 0 aromatic carbocycles. The molecular weight excluding hydrogens is 128 g/mol. The first-order chi connectivity index (χ1) is 4.74. The first-order valence-electron chi connectivity index (χ1n) is 3.91. The van der Waals surface area contributed by atoms with Crippen LogP contribution in [0.25, 0.3) is 0 Å². The summed E-state index contributed by atoms with van der Waals surface area (Å²) < 4.78 is 0. The van der Waals surface area contributed by atoms with E-state index in [1.54, 1.807) is 5.01 Å². The summed E-state index contributed by atoms with van der Waals surface area (Å²) in [6.07, 6.45) is 1.73. The largest absolute Gasteiger partial charge is 0.393 e. The highest BCUT2D eigenvalue weighted by Crippen LogP contribution is 2.17. The first kappa shape index (κ1) is 7.98. The first-order valence-corrected chi connectivity index (χ1v) is 3.91. The molecule has 0 aromatic heterocycles. The van der Waals surface area contributed by atoms with Crippen LogP contribution in [0.4, 0.5) is 0 Å². The predicted molar refractivity (Wildman–Crippen MR) is 40.2 cm³/mol. The third-order valence-corrected chi connectivity index (χ3v) is 2.25. The molecule has 1 fully saturated rings. The van der Waals surface area contributed by atoms with Gasteiger partial charge in [-0.1, -0.05) is 6.92 Å². The lowest BCUT2D eigenvalue weighted by Gasteiger charge is -2.32. The zero-order valence-corrected chi connectivity index (χ0v) is 6.45. The van der Waals surface area contributed by atoms with Crippen molar-refractivity contribution in [2.24, 2.45) is 11.8 Å². The molecule has 10 heavy (non-hydrogen) atoms. The van der Waals surface area contributed by atoms with Crippen LogP contribution in [0.1, 0.15) is 19.8 Å². The molecule has 0 aromatic rings. The van der Waals surface area contributed by atoms with Crippen LogP contribution in [-0.2, 0) is 0 Å². The summed E-state index contributed by atoms with van der Waals surface area (Å²) in [6.45, 7) is 3.77. The lowest BCUT2D eigenvalue weighted by molar-refractivity contribution is 0.0250. The van der Waals surface area contributed by atoms with E-state index in [0.29, 0.717) is 5.92 Å². The zero-order chi connectivity index (χ0) is 7.56. The molecule has 0 spiro atoms. The summed E-state index contributed by atoms with van der Waals surface area (Å²) in [4.78, 5) is 0. The summed E-state index contributed by atoms with van der Waals surface area (Å²) in [5.74, 6) is 5.97. The number of hydrogen-bond donors (Lipinski definition) is 2. The summed E-state index contributed by atoms with van der Waals surface area (Å²) in [5.41, 5.74) is 0. The van der Waals surface area contributed by atoms with E-state index in [1.807, 2.05) is 0 Å². The molecule has 0 aliphatic carbocycles. The molecule has 0 saturated carbocycles. The van der Waals surface area contributed by atoms with Gasteiger partial charge in [-0.2, -0.15) is 0 Å². The van der Waals surface area contributed by atoms with Gasteiger partial charge in [0.2, 0.25) is 0 Å². The van der Waals surface area contributed by atoms with E-state index in [4.69, 9.17) is 5.84 Å². The van der Waals surface area contributed by atoms with E-state index in [0.717, 1.165) is 25.9 Å². The topological polar surface area (TPSA) is 49.5 Å². The Morgan fingerprint density at radius 3 is 2.90 bits per heavy atom. The van der Waals surface area contributed by atoms with Gasteiger partial charge in [0.05, 0.1) is 6.10 Å². The average molecular weight is 144 g/mol. The van der Waals surface area contributed by atoms with Crippen LogP contribution in [0, 0.1) is 5.92 Å². The number of nitrogens with two attached hydrogens (primary N) is 1. The molecule has 1 rings (SSSR count). The molecule has 0 unspecified atom stereocenters. The number of hydrazine groups is 1. The Labute approximate surface area is 61.8 Å². The molecule has 0 amide bonds. The molecule has 3 heteroatoms. The van der Waals surface area contributed by atoms with Gasteiger partial charge in [-0.3, -0.25) is 5.84 Å². The number of nitrogens with zero attached hydrogens (tertiary/aromatic N) is 1. The molecule has 0 bridgehead atoms. The van der Waals surface area contributed by atoms with Crippen molar-refractivity contribution < 1.29 is 5.11 Å². The quantitative estimate of drug-likeness (QED) is 0.507. The van der Waals surface area contributed by atoms with Gasteiger partial charge in [-0.15, -0.1) is 0 Å². The van der Waals surface area contributed by atoms with Gasteiger partial charge in [-0.25, -0.2) is 5.01 Å². The maximum Gasteiger partial charge on any atom is 0.0593 e. The van der Waals surface area contributed by atoms with Crippen LogP contribution in [0.15, 0.2) is 0 Å². The zero-order valence-electron chi connectivity index (χ0n) is 6.45. The second-order valence-electron chi connectivity index (χ2n) is 3.02. The van der Waals surface area contributed by atoms with Crippen LogP contribution in [-0.4, -0.2) is 29.3 Å². The smallest absolute Gasteiger partial charge is 0.0593 e. The molecular formula is C7H16N2O. The number of piperidine rings is 1. The predicted octanol–water partition coefficient (Wildman–Crippen LogP) is -0.0471. The van der Waals surface area contributed by atoms with Gasteiger partial charge in [0.1, 0.15) is 0 Å². The Morgan fingerprint density at radius 2 is 2.40 bits per heavy atom. The minimum absolute atomic E-state index is 0.121. The van der Waals surface area contributed by atoms with E-state index < -0.39 is 0 Å². The molecule has 3 nitrogen and oxygen atoms in total. The number of hydrogen-bond acceptors (Lipinski definition) is 3. The Kier molecular flexibility index (Phi) is 2.65. The second-order valence-corrected chi connectivity index (χ2v) is 3.02. The van der Waals surface area contributed by atoms with Gasteiger partial charge in [0.15, 0.2) is 0 Å². The third-order valence-electron chi connectivity index (χ3n) is 2.25. The minimum atomic E-state index is -0.121. The van der Waals surface area contributed by atoms with Crippen molar-refractivity contribution in [2.75, 3.05) is 13.1 Å². The molecule has 1 aliphatic heterocycles. The molecule has 3 N–H and O–H groups in total. The molecule has 1 aliphatic rings. The second kappa shape index (κ2) is 3.32.